The van der Waals surface area contributed by atoms with Crippen LogP contribution in [0.4, 0.5) is 14.0 Å². The molecule has 0 heterocycles. The second-order valence-electron chi connectivity index (χ2n) is 5.21. The van der Waals surface area contributed by atoms with E-state index in [0.717, 1.165) is 36.4 Å². The first kappa shape index (κ1) is 18.6. The lowest BCUT2D eigenvalue weighted by atomic mass is 9.96. The molecule has 1 aliphatic rings. The Kier molecular flexibility index (Phi) is 7.36. The normalized spacial score (nSPS) is 16.7. The fourth-order valence-corrected chi connectivity index (χ4v) is 3.32. The van der Waals surface area contributed by atoms with Crippen LogP contribution in [-0.4, -0.2) is 32.4 Å². The Bertz CT molecular complexity index is 374. The molecule has 4 amide bonds. The third-order valence-electron chi connectivity index (χ3n) is 2.95. The van der Waals surface area contributed by atoms with Crippen molar-refractivity contribution in [3.05, 3.63) is 0 Å². The van der Waals surface area contributed by atoms with Gasteiger partial charge in [0, 0.05) is 24.0 Å². The Hall–Kier alpha value is -0.400. The number of nitrogens with zero attached hydrogens (tertiary/aromatic N) is 1. The molecule has 0 unspecified atom stereocenters. The number of imide groups is 1. The highest BCUT2D eigenvalue weighted by Crippen LogP contribution is 2.41. The van der Waals surface area contributed by atoms with Crippen molar-refractivity contribution >= 4 is 47.2 Å². The fourth-order valence-electron chi connectivity index (χ4n) is 2.16. The van der Waals surface area contributed by atoms with E-state index < -0.39 is 16.0 Å². The van der Waals surface area contributed by atoms with Gasteiger partial charge in [0.25, 0.3) is 0 Å². The van der Waals surface area contributed by atoms with E-state index in [9.17, 15) is 14.0 Å². The van der Waals surface area contributed by atoms with Gasteiger partial charge < -0.3 is 5.32 Å². The van der Waals surface area contributed by atoms with E-state index in [1.54, 1.807) is 13.8 Å². The summed E-state index contributed by atoms with van der Waals surface area (Å²) in [5.74, 6) is 0. The van der Waals surface area contributed by atoms with E-state index in [1.807, 2.05) is 0 Å². The van der Waals surface area contributed by atoms with Crippen LogP contribution in [0.1, 0.15) is 46.0 Å². The Morgan fingerprint density at radius 3 is 2.33 bits per heavy atom. The molecule has 0 spiro atoms. The maximum atomic E-state index is 13.5. The van der Waals surface area contributed by atoms with Crippen LogP contribution in [0.3, 0.4) is 0 Å². The number of carbonyl (C=O) groups excluding carboxylic acids is 2. The molecule has 2 N–H and O–H groups in total. The lowest BCUT2D eigenvalue weighted by Crippen LogP contribution is -2.50. The summed E-state index contributed by atoms with van der Waals surface area (Å²) in [5.41, 5.74) is 0. The van der Waals surface area contributed by atoms with Crippen molar-refractivity contribution in [2.45, 2.75) is 62.0 Å². The van der Waals surface area contributed by atoms with Gasteiger partial charge in [-0.15, -0.1) is 0 Å². The van der Waals surface area contributed by atoms with E-state index in [-0.39, 0.29) is 12.1 Å². The number of hydrogen-bond acceptors (Lipinski definition) is 3. The van der Waals surface area contributed by atoms with Crippen LogP contribution < -0.4 is 10.6 Å². The zero-order valence-corrected chi connectivity index (χ0v) is 14.3. The minimum Gasteiger partial charge on any atom is -0.336 e. The number of nitrogens with one attached hydrogen (secondary N) is 2. The minimum atomic E-state index is -2.62. The molecule has 1 fully saturated rings. The Labute approximate surface area is 138 Å². The number of amides is 4. The fraction of sp³-hybridized carbons (Fsp3) is 0.833. The SMILES string of the molecule is CC(C)NC(=O)NC(=O)N(SC(F)(Cl)Cl)C1CCCCC1. The monoisotopic (exact) mass is 359 g/mol. The quantitative estimate of drug-likeness (QED) is 0.585. The van der Waals surface area contributed by atoms with Crippen molar-refractivity contribution in [2.75, 3.05) is 0 Å². The second kappa shape index (κ2) is 8.29. The van der Waals surface area contributed by atoms with Crippen LogP contribution in [0.5, 0.6) is 0 Å². The van der Waals surface area contributed by atoms with E-state index in [1.165, 1.54) is 0 Å². The van der Waals surface area contributed by atoms with Gasteiger partial charge in [-0.1, -0.05) is 42.5 Å². The van der Waals surface area contributed by atoms with Crippen molar-refractivity contribution in [1.82, 2.24) is 14.9 Å². The van der Waals surface area contributed by atoms with Crippen molar-refractivity contribution in [2.24, 2.45) is 0 Å². The highest BCUT2D eigenvalue weighted by Gasteiger charge is 2.36. The van der Waals surface area contributed by atoms with Gasteiger partial charge in [0.2, 0.25) is 0 Å². The van der Waals surface area contributed by atoms with Crippen molar-refractivity contribution in [1.29, 1.82) is 0 Å². The molecule has 0 aromatic carbocycles. The number of alkyl halides is 3. The van der Waals surface area contributed by atoms with Crippen LogP contribution >= 0.6 is 35.1 Å². The van der Waals surface area contributed by atoms with E-state index in [2.05, 4.69) is 10.6 Å². The summed E-state index contributed by atoms with van der Waals surface area (Å²) in [6.45, 7) is 3.53. The van der Waals surface area contributed by atoms with Crippen LogP contribution in [0.15, 0.2) is 0 Å². The average molecular weight is 360 g/mol. The summed E-state index contributed by atoms with van der Waals surface area (Å²) in [7, 11) is 0. The van der Waals surface area contributed by atoms with Crippen LogP contribution in [0, 0.1) is 0 Å². The van der Waals surface area contributed by atoms with Gasteiger partial charge in [-0.3, -0.25) is 9.62 Å². The summed E-state index contributed by atoms with van der Waals surface area (Å²) in [5, 5.41) is 4.69. The molecule has 0 aromatic rings. The predicted molar refractivity (Wildman–Crippen MR) is 84.0 cm³/mol. The van der Waals surface area contributed by atoms with Crippen LogP contribution in [-0.2, 0) is 0 Å². The van der Waals surface area contributed by atoms with Gasteiger partial charge in [0.1, 0.15) is 0 Å². The molecule has 0 radical (unpaired) electrons. The third kappa shape index (κ3) is 7.42. The number of rotatable bonds is 4. The molecule has 5 nitrogen and oxygen atoms in total. The number of carbonyl (C=O) groups is 2. The summed E-state index contributed by atoms with van der Waals surface area (Å²) < 4.78 is 12.0. The van der Waals surface area contributed by atoms with Crippen molar-refractivity contribution < 1.29 is 14.0 Å². The van der Waals surface area contributed by atoms with Crippen LogP contribution in [0.2, 0.25) is 0 Å². The van der Waals surface area contributed by atoms with Gasteiger partial charge in [-0.2, -0.15) is 4.39 Å². The van der Waals surface area contributed by atoms with Gasteiger partial charge in [0.15, 0.2) is 0 Å². The Morgan fingerprint density at radius 1 is 1.29 bits per heavy atom. The maximum absolute atomic E-state index is 13.5. The number of hydrogen-bond donors (Lipinski definition) is 2. The molecule has 0 atom stereocenters. The topological polar surface area (TPSA) is 61.4 Å². The summed E-state index contributed by atoms with van der Waals surface area (Å²) in [4.78, 5) is 23.7. The smallest absolute Gasteiger partial charge is 0.335 e. The lowest BCUT2D eigenvalue weighted by Gasteiger charge is -2.34. The molecular formula is C12H20Cl2FN3O2S. The zero-order valence-electron chi connectivity index (χ0n) is 12.0. The Balaban J connectivity index is 2.70. The molecule has 1 saturated carbocycles. The zero-order chi connectivity index (χ0) is 16.0. The molecule has 21 heavy (non-hydrogen) atoms. The molecular weight excluding hydrogens is 340 g/mol. The molecule has 0 bridgehead atoms. The van der Waals surface area contributed by atoms with E-state index >= 15 is 0 Å². The lowest BCUT2D eigenvalue weighted by molar-refractivity contribution is 0.200. The minimum absolute atomic E-state index is 0.116. The molecule has 0 aromatic heterocycles. The average Bonchev–Trinajstić information content (AvgIpc) is 2.34. The summed E-state index contributed by atoms with van der Waals surface area (Å²) in [6.07, 6.45) is 4.42. The first-order chi connectivity index (χ1) is 9.69. The van der Waals surface area contributed by atoms with Crippen molar-refractivity contribution in [3.63, 3.8) is 0 Å². The van der Waals surface area contributed by atoms with E-state index in [0.29, 0.717) is 11.9 Å². The first-order valence-electron chi connectivity index (χ1n) is 6.85. The van der Waals surface area contributed by atoms with Gasteiger partial charge >= 0.3 is 16.0 Å². The highest BCUT2D eigenvalue weighted by molar-refractivity contribution is 8.01. The number of urea groups is 2. The van der Waals surface area contributed by atoms with Gasteiger partial charge in [-0.05, 0) is 26.7 Å². The largest absolute Gasteiger partial charge is 0.336 e. The first-order valence-corrected chi connectivity index (χ1v) is 8.38. The van der Waals surface area contributed by atoms with Gasteiger partial charge in [-0.25, -0.2) is 9.59 Å². The molecule has 1 rings (SSSR count). The standard InChI is InChI=1S/C12H20Cl2FN3O2S/c1-8(2)16-10(19)17-11(20)18(21-12(13,14)15)9-6-4-3-5-7-9/h8-9H,3-7H2,1-2H3,(H2,16,17,19,20). The molecule has 9 heteroatoms. The molecule has 122 valence electrons. The molecule has 1 aliphatic carbocycles. The molecule has 0 aliphatic heterocycles. The molecule has 0 saturated heterocycles. The maximum Gasteiger partial charge on any atom is 0.335 e. The van der Waals surface area contributed by atoms with E-state index in [4.69, 9.17) is 23.2 Å². The second-order valence-corrected chi connectivity index (χ2v) is 8.03. The highest BCUT2D eigenvalue weighted by atomic mass is 35.5. The Morgan fingerprint density at radius 2 is 1.86 bits per heavy atom. The van der Waals surface area contributed by atoms with Gasteiger partial charge in [0.05, 0.1) is 0 Å². The summed E-state index contributed by atoms with van der Waals surface area (Å²) in [6, 6.07) is -1.66. The summed E-state index contributed by atoms with van der Waals surface area (Å²) >= 11 is 11.1. The van der Waals surface area contributed by atoms with Crippen LogP contribution in [0.25, 0.3) is 0 Å². The predicted octanol–water partition coefficient (Wildman–Crippen LogP) is 4.16. The third-order valence-corrected chi connectivity index (χ3v) is 4.23. The van der Waals surface area contributed by atoms with Crippen molar-refractivity contribution in [3.8, 4) is 0 Å². The number of halogens is 3.